The number of hydrogen-bond acceptors (Lipinski definition) is 5. The van der Waals surface area contributed by atoms with Crippen molar-refractivity contribution in [3.8, 4) is 0 Å². The van der Waals surface area contributed by atoms with E-state index in [-0.39, 0.29) is 17.5 Å². The van der Waals surface area contributed by atoms with Crippen LogP contribution in [0, 0.1) is 33.5 Å². The maximum atomic E-state index is 14.3. The van der Waals surface area contributed by atoms with E-state index < -0.39 is 0 Å². The molecule has 1 N–H and O–H groups in total. The van der Waals surface area contributed by atoms with E-state index in [4.69, 9.17) is 11.6 Å². The maximum Gasteiger partial charge on any atom is 0.253 e. The Labute approximate surface area is 200 Å². The van der Waals surface area contributed by atoms with Gasteiger partial charge in [0.1, 0.15) is 5.82 Å². The minimum atomic E-state index is -0.355. The summed E-state index contributed by atoms with van der Waals surface area (Å²) in [7, 11) is 0. The molecule has 9 heteroatoms. The van der Waals surface area contributed by atoms with Crippen LogP contribution in [0.4, 0.5) is 10.1 Å². The van der Waals surface area contributed by atoms with E-state index in [1.54, 1.807) is 16.6 Å². The highest BCUT2D eigenvalue weighted by atomic mass is 35.5. The number of nitrogens with one attached hydrogen (secondary N) is 1. The molecule has 2 aromatic heterocycles. The predicted molar refractivity (Wildman–Crippen MR) is 130 cm³/mol. The van der Waals surface area contributed by atoms with Gasteiger partial charge in [-0.15, -0.1) is 5.10 Å². The van der Waals surface area contributed by atoms with Crippen LogP contribution in [0.25, 0.3) is 5.78 Å². The molecule has 0 radical (unpaired) electrons. The molecule has 0 aliphatic carbocycles. The summed E-state index contributed by atoms with van der Waals surface area (Å²) >= 11 is 7.45. The van der Waals surface area contributed by atoms with Crippen LogP contribution in [0.3, 0.4) is 0 Å². The molecule has 0 unspecified atom stereocenters. The number of carbonyl (C=O) groups excluding carboxylic acids is 1. The Balaban J connectivity index is 1.53. The standard InChI is InChI=1S/C24H23ClFN5OS/c1-13-7-5-10-21(14(13)2)28-22(32)12-33-24-29-23-27-15(3)17(16(4)31(23)30-24)11-18-19(25)8-6-9-20(18)26/h5-10H,11-12H2,1-4H3,(H,28,32). The molecule has 0 spiro atoms. The van der Waals surface area contributed by atoms with Gasteiger partial charge in [0.05, 0.1) is 5.75 Å². The van der Waals surface area contributed by atoms with Gasteiger partial charge in [0.2, 0.25) is 11.1 Å². The SMILES string of the molecule is Cc1cccc(NC(=O)CSc2nc3nc(C)c(Cc4c(F)cccc4Cl)c(C)n3n2)c1C. The van der Waals surface area contributed by atoms with Gasteiger partial charge in [0.25, 0.3) is 5.78 Å². The zero-order valence-electron chi connectivity index (χ0n) is 18.7. The lowest BCUT2D eigenvalue weighted by Crippen LogP contribution is -2.15. The molecule has 0 saturated carbocycles. The van der Waals surface area contributed by atoms with Crippen molar-refractivity contribution in [2.75, 3.05) is 11.1 Å². The highest BCUT2D eigenvalue weighted by Crippen LogP contribution is 2.26. The Bertz CT molecular complexity index is 1350. The first-order valence-corrected chi connectivity index (χ1v) is 11.8. The first-order chi connectivity index (χ1) is 15.7. The van der Waals surface area contributed by atoms with Crippen LogP contribution in [0.5, 0.6) is 0 Å². The van der Waals surface area contributed by atoms with Gasteiger partial charge in [0, 0.05) is 34.1 Å². The number of aryl methyl sites for hydroxylation is 3. The number of rotatable bonds is 6. The number of amides is 1. The highest BCUT2D eigenvalue weighted by molar-refractivity contribution is 7.99. The third kappa shape index (κ3) is 4.86. The van der Waals surface area contributed by atoms with E-state index in [2.05, 4.69) is 20.4 Å². The molecule has 33 heavy (non-hydrogen) atoms. The van der Waals surface area contributed by atoms with Crippen molar-refractivity contribution in [2.45, 2.75) is 39.3 Å². The molecule has 0 bridgehead atoms. The number of hydrogen-bond donors (Lipinski definition) is 1. The van der Waals surface area contributed by atoms with Gasteiger partial charge in [-0.1, -0.05) is 41.6 Å². The van der Waals surface area contributed by atoms with Crippen molar-refractivity contribution < 1.29 is 9.18 Å². The lowest BCUT2D eigenvalue weighted by atomic mass is 10.0. The summed E-state index contributed by atoms with van der Waals surface area (Å²) in [6.07, 6.45) is 0.298. The third-order valence-corrected chi connectivity index (χ3v) is 6.85. The van der Waals surface area contributed by atoms with Crippen LogP contribution in [0.2, 0.25) is 5.02 Å². The molecule has 4 aromatic rings. The fourth-order valence-corrected chi connectivity index (χ4v) is 4.44. The Hall–Kier alpha value is -2.97. The quantitative estimate of drug-likeness (QED) is 0.368. The molecule has 2 aromatic carbocycles. The number of benzene rings is 2. The van der Waals surface area contributed by atoms with Crippen molar-refractivity contribution in [1.82, 2.24) is 19.6 Å². The van der Waals surface area contributed by atoms with E-state index in [1.807, 2.05) is 45.9 Å². The van der Waals surface area contributed by atoms with Crippen LogP contribution < -0.4 is 5.32 Å². The van der Waals surface area contributed by atoms with E-state index in [1.165, 1.54) is 17.8 Å². The number of fused-ring (bicyclic) bond motifs is 1. The zero-order valence-corrected chi connectivity index (χ0v) is 20.3. The smallest absolute Gasteiger partial charge is 0.253 e. The van der Waals surface area contributed by atoms with Crippen molar-refractivity contribution >= 4 is 40.7 Å². The first-order valence-electron chi connectivity index (χ1n) is 10.4. The minimum Gasteiger partial charge on any atom is -0.325 e. The first kappa shape index (κ1) is 23.2. The third-order valence-electron chi connectivity index (χ3n) is 5.66. The Morgan fingerprint density at radius 1 is 1.09 bits per heavy atom. The van der Waals surface area contributed by atoms with Crippen LogP contribution in [-0.4, -0.2) is 31.2 Å². The van der Waals surface area contributed by atoms with Crippen LogP contribution in [-0.2, 0) is 11.2 Å². The molecule has 6 nitrogen and oxygen atoms in total. The number of nitrogens with zero attached hydrogens (tertiary/aromatic N) is 4. The minimum absolute atomic E-state index is 0.136. The second-order valence-corrected chi connectivity index (χ2v) is 9.18. The molecule has 0 fully saturated rings. The van der Waals surface area contributed by atoms with Crippen molar-refractivity contribution in [3.05, 3.63) is 80.9 Å². The van der Waals surface area contributed by atoms with Gasteiger partial charge in [-0.05, 0) is 62.6 Å². The second-order valence-electron chi connectivity index (χ2n) is 7.83. The lowest BCUT2D eigenvalue weighted by Gasteiger charge is -2.12. The number of carbonyl (C=O) groups is 1. The number of anilines is 1. The summed E-state index contributed by atoms with van der Waals surface area (Å²) in [5.41, 5.74) is 5.75. The van der Waals surface area contributed by atoms with Crippen LogP contribution in [0.15, 0.2) is 41.6 Å². The number of aromatic nitrogens is 4. The van der Waals surface area contributed by atoms with Gasteiger partial charge in [0.15, 0.2) is 0 Å². The van der Waals surface area contributed by atoms with E-state index in [9.17, 15) is 9.18 Å². The average molecular weight is 484 g/mol. The Morgan fingerprint density at radius 3 is 2.61 bits per heavy atom. The molecule has 0 aliphatic heterocycles. The van der Waals surface area contributed by atoms with Crippen LogP contribution >= 0.6 is 23.4 Å². The lowest BCUT2D eigenvalue weighted by molar-refractivity contribution is -0.113. The molecule has 0 aliphatic rings. The second kappa shape index (κ2) is 9.49. The molecule has 2 heterocycles. The number of halogens is 2. The zero-order chi connectivity index (χ0) is 23.7. The van der Waals surface area contributed by atoms with Crippen LogP contribution in [0.1, 0.15) is 33.6 Å². The monoisotopic (exact) mass is 483 g/mol. The van der Waals surface area contributed by atoms with Crippen molar-refractivity contribution in [3.63, 3.8) is 0 Å². The molecule has 0 saturated heterocycles. The summed E-state index contributed by atoms with van der Waals surface area (Å²) in [4.78, 5) is 21.4. The molecule has 4 rings (SSSR count). The molecular weight excluding hydrogens is 461 g/mol. The summed E-state index contributed by atoms with van der Waals surface area (Å²) in [6.45, 7) is 7.73. The van der Waals surface area contributed by atoms with Gasteiger partial charge in [-0.25, -0.2) is 13.9 Å². The summed E-state index contributed by atoms with van der Waals surface area (Å²) in [5.74, 6) is 0.111. The van der Waals surface area contributed by atoms with Gasteiger partial charge in [-0.2, -0.15) is 4.98 Å². The molecule has 0 atom stereocenters. The number of thioether (sulfide) groups is 1. The Morgan fingerprint density at radius 2 is 1.85 bits per heavy atom. The van der Waals surface area contributed by atoms with Gasteiger partial charge >= 0.3 is 0 Å². The van der Waals surface area contributed by atoms with E-state index in [0.29, 0.717) is 27.9 Å². The van der Waals surface area contributed by atoms with Gasteiger partial charge < -0.3 is 5.32 Å². The van der Waals surface area contributed by atoms with Crippen molar-refractivity contribution in [2.24, 2.45) is 0 Å². The van der Waals surface area contributed by atoms with E-state index >= 15 is 0 Å². The van der Waals surface area contributed by atoms with E-state index in [0.717, 1.165) is 33.8 Å². The summed E-state index contributed by atoms with van der Waals surface area (Å²) in [6, 6.07) is 10.5. The topological polar surface area (TPSA) is 72.2 Å². The fourth-order valence-electron chi connectivity index (χ4n) is 3.59. The normalized spacial score (nSPS) is 11.2. The summed E-state index contributed by atoms with van der Waals surface area (Å²) < 4.78 is 15.9. The largest absolute Gasteiger partial charge is 0.325 e. The predicted octanol–water partition coefficient (Wildman–Crippen LogP) is 5.47. The molecule has 1 amide bonds. The fraction of sp³-hybridized carbons (Fsp3) is 0.250. The van der Waals surface area contributed by atoms with Crippen molar-refractivity contribution in [1.29, 1.82) is 0 Å². The Kier molecular flexibility index (Phi) is 6.67. The molecule has 170 valence electrons. The maximum absolute atomic E-state index is 14.3. The van der Waals surface area contributed by atoms with Gasteiger partial charge in [-0.3, -0.25) is 4.79 Å². The average Bonchev–Trinajstić information content (AvgIpc) is 3.18. The highest BCUT2D eigenvalue weighted by Gasteiger charge is 2.17. The molecular formula is C24H23ClFN5OS. The summed E-state index contributed by atoms with van der Waals surface area (Å²) in [5, 5.41) is 8.27.